The van der Waals surface area contributed by atoms with Crippen molar-refractivity contribution < 1.29 is 0 Å². The van der Waals surface area contributed by atoms with Crippen molar-refractivity contribution in [3.05, 3.63) is 66.2 Å². The summed E-state index contributed by atoms with van der Waals surface area (Å²) in [5.41, 5.74) is 3.83. The topological polar surface area (TPSA) is 0 Å². The van der Waals surface area contributed by atoms with Crippen LogP contribution in [-0.4, -0.2) is 15.0 Å². The van der Waals surface area contributed by atoms with Crippen LogP contribution in [0, 0.1) is 0 Å². The number of rotatable bonds is 0. The quantitative estimate of drug-likeness (QED) is 0.538. The van der Waals surface area contributed by atoms with Crippen LogP contribution in [0.5, 0.6) is 0 Å². The molecule has 72 valence electrons. The molecule has 1 aliphatic heterocycles. The van der Waals surface area contributed by atoms with Crippen molar-refractivity contribution in [2.45, 2.75) is 0 Å². The first-order valence-corrected chi connectivity index (χ1v) is 6.63. The molecule has 2 aromatic rings. The summed E-state index contributed by atoms with van der Waals surface area (Å²) in [4.78, 5) is 0. The SMILES string of the molecule is C=C1c2ccccc2[Se]c2ccccc21. The molecule has 3 rings (SSSR count). The van der Waals surface area contributed by atoms with E-state index in [4.69, 9.17) is 0 Å². The Morgan fingerprint density at radius 1 is 0.733 bits per heavy atom. The predicted octanol–water partition coefficient (Wildman–Crippen LogP) is 1.72. The molecule has 0 saturated heterocycles. The standard InChI is InChI=1S/C14H10Se/c1-10-11-6-2-4-8-13(11)15-14-9-5-3-7-12(10)14/h2-9H,1H2. The normalized spacial score (nSPS) is 13.2. The second-order valence-electron chi connectivity index (χ2n) is 3.57. The Morgan fingerprint density at radius 3 is 1.73 bits per heavy atom. The summed E-state index contributed by atoms with van der Waals surface area (Å²) in [6, 6.07) is 17.2. The van der Waals surface area contributed by atoms with Crippen molar-refractivity contribution in [1.82, 2.24) is 0 Å². The summed E-state index contributed by atoms with van der Waals surface area (Å²) in [7, 11) is 0. The first-order valence-electron chi connectivity index (χ1n) is 4.92. The van der Waals surface area contributed by atoms with Gasteiger partial charge in [0.05, 0.1) is 0 Å². The van der Waals surface area contributed by atoms with E-state index >= 15 is 0 Å². The van der Waals surface area contributed by atoms with E-state index in [2.05, 4.69) is 55.1 Å². The van der Waals surface area contributed by atoms with Gasteiger partial charge in [-0.25, -0.2) is 0 Å². The van der Waals surface area contributed by atoms with E-state index < -0.39 is 0 Å². The number of fused-ring (bicyclic) bond motifs is 2. The van der Waals surface area contributed by atoms with Gasteiger partial charge in [-0.15, -0.1) is 0 Å². The minimum absolute atomic E-state index is 0.439. The van der Waals surface area contributed by atoms with Crippen molar-refractivity contribution >= 4 is 29.5 Å². The molecule has 0 bridgehead atoms. The molecule has 0 nitrogen and oxygen atoms in total. The van der Waals surface area contributed by atoms with Gasteiger partial charge < -0.3 is 0 Å². The summed E-state index contributed by atoms with van der Waals surface area (Å²) in [6.07, 6.45) is 0. The number of benzene rings is 2. The minimum atomic E-state index is 0.439. The summed E-state index contributed by atoms with van der Waals surface area (Å²) in [5.74, 6) is 0. The maximum absolute atomic E-state index is 4.21. The van der Waals surface area contributed by atoms with Crippen LogP contribution in [0.1, 0.15) is 11.1 Å². The molecular formula is C14H10Se. The summed E-state index contributed by atoms with van der Waals surface area (Å²) in [6.45, 7) is 4.21. The maximum atomic E-state index is 4.21. The Hall–Kier alpha value is -1.30. The van der Waals surface area contributed by atoms with Crippen LogP contribution < -0.4 is 8.92 Å². The van der Waals surface area contributed by atoms with E-state index in [9.17, 15) is 0 Å². The van der Waals surface area contributed by atoms with Gasteiger partial charge in [-0.3, -0.25) is 0 Å². The zero-order chi connectivity index (χ0) is 10.3. The molecule has 0 saturated carbocycles. The molecule has 2 aromatic carbocycles. The Bertz CT molecular complexity index is 493. The number of hydrogen-bond acceptors (Lipinski definition) is 0. The molecule has 0 unspecified atom stereocenters. The van der Waals surface area contributed by atoms with Crippen molar-refractivity contribution in [3.63, 3.8) is 0 Å². The molecule has 0 N–H and O–H groups in total. The van der Waals surface area contributed by atoms with Crippen LogP contribution in [-0.2, 0) is 0 Å². The van der Waals surface area contributed by atoms with E-state index in [-0.39, 0.29) is 0 Å². The van der Waals surface area contributed by atoms with Crippen LogP contribution in [0.2, 0.25) is 0 Å². The summed E-state index contributed by atoms with van der Waals surface area (Å²) in [5, 5.41) is 0. The average Bonchev–Trinajstić information content (AvgIpc) is 2.30. The van der Waals surface area contributed by atoms with Crippen molar-refractivity contribution in [2.75, 3.05) is 0 Å². The van der Waals surface area contributed by atoms with Gasteiger partial charge in [0.2, 0.25) is 0 Å². The van der Waals surface area contributed by atoms with Gasteiger partial charge >= 0.3 is 95.7 Å². The fourth-order valence-corrected chi connectivity index (χ4v) is 4.25. The zero-order valence-corrected chi connectivity index (χ0v) is 9.95. The number of hydrogen-bond donors (Lipinski definition) is 0. The molecule has 0 aliphatic carbocycles. The monoisotopic (exact) mass is 258 g/mol. The van der Waals surface area contributed by atoms with Crippen LogP contribution in [0.3, 0.4) is 0 Å². The molecule has 1 aliphatic rings. The Morgan fingerprint density at radius 2 is 1.20 bits per heavy atom. The average molecular weight is 257 g/mol. The van der Waals surface area contributed by atoms with Gasteiger partial charge in [-0.05, 0) is 0 Å². The molecule has 0 atom stereocenters. The second kappa shape index (κ2) is 3.37. The van der Waals surface area contributed by atoms with Crippen LogP contribution in [0.25, 0.3) is 5.57 Å². The molecule has 0 aromatic heterocycles. The molecule has 15 heavy (non-hydrogen) atoms. The van der Waals surface area contributed by atoms with Gasteiger partial charge in [0.25, 0.3) is 0 Å². The summed E-state index contributed by atoms with van der Waals surface area (Å²) < 4.78 is 2.90. The Kier molecular flexibility index (Phi) is 2.02. The third-order valence-corrected chi connectivity index (χ3v) is 5.06. The van der Waals surface area contributed by atoms with Gasteiger partial charge in [-0.1, -0.05) is 0 Å². The van der Waals surface area contributed by atoms with Crippen molar-refractivity contribution in [1.29, 1.82) is 0 Å². The first-order chi connectivity index (χ1) is 7.36. The molecule has 1 heterocycles. The molecule has 1 heteroatoms. The molecule has 0 fully saturated rings. The Labute approximate surface area is 95.8 Å². The van der Waals surface area contributed by atoms with Crippen molar-refractivity contribution in [3.8, 4) is 0 Å². The molecule has 0 spiro atoms. The molecule has 0 amide bonds. The van der Waals surface area contributed by atoms with E-state index in [1.165, 1.54) is 25.6 Å². The third-order valence-electron chi connectivity index (χ3n) is 2.64. The predicted molar refractivity (Wildman–Crippen MR) is 66.0 cm³/mol. The van der Waals surface area contributed by atoms with Gasteiger partial charge in [0.1, 0.15) is 0 Å². The fourth-order valence-electron chi connectivity index (χ4n) is 1.87. The van der Waals surface area contributed by atoms with Crippen LogP contribution >= 0.6 is 0 Å². The Balaban J connectivity index is 2.24. The van der Waals surface area contributed by atoms with E-state index in [0.29, 0.717) is 15.0 Å². The van der Waals surface area contributed by atoms with Gasteiger partial charge in [0, 0.05) is 0 Å². The first kappa shape index (κ1) is 8.96. The van der Waals surface area contributed by atoms with Gasteiger partial charge in [-0.2, -0.15) is 0 Å². The van der Waals surface area contributed by atoms with E-state index in [0.717, 1.165) is 0 Å². The second-order valence-corrected chi connectivity index (χ2v) is 5.85. The fraction of sp³-hybridized carbons (Fsp3) is 0. The summed E-state index contributed by atoms with van der Waals surface area (Å²) >= 11 is 0.439. The van der Waals surface area contributed by atoms with Crippen molar-refractivity contribution in [2.24, 2.45) is 0 Å². The van der Waals surface area contributed by atoms with Crippen LogP contribution in [0.4, 0.5) is 0 Å². The molecular weight excluding hydrogens is 247 g/mol. The zero-order valence-electron chi connectivity index (χ0n) is 8.23. The third kappa shape index (κ3) is 1.36. The molecule has 0 radical (unpaired) electrons. The van der Waals surface area contributed by atoms with E-state index in [1.54, 1.807) is 0 Å². The van der Waals surface area contributed by atoms with Crippen LogP contribution in [0.15, 0.2) is 55.1 Å². The van der Waals surface area contributed by atoms with Gasteiger partial charge in [0.15, 0.2) is 0 Å². The van der Waals surface area contributed by atoms with E-state index in [1.807, 2.05) is 0 Å².